The summed E-state index contributed by atoms with van der Waals surface area (Å²) in [5.41, 5.74) is 1.82. The van der Waals surface area contributed by atoms with E-state index in [1.165, 1.54) is 12.8 Å². The van der Waals surface area contributed by atoms with E-state index in [1.54, 1.807) is 36.3 Å². The fourth-order valence-corrected chi connectivity index (χ4v) is 4.67. The maximum Gasteiger partial charge on any atom is 0.251 e. The minimum atomic E-state index is -0.170. The second-order valence-electron chi connectivity index (χ2n) is 9.12. The first kappa shape index (κ1) is 24.2. The van der Waals surface area contributed by atoms with Gasteiger partial charge in [0.15, 0.2) is 5.82 Å². The second-order valence-corrected chi connectivity index (χ2v) is 9.52. The van der Waals surface area contributed by atoms with Gasteiger partial charge in [-0.05, 0) is 45.1 Å². The Balaban J connectivity index is 1.54. The summed E-state index contributed by atoms with van der Waals surface area (Å²) in [6.45, 7) is 1.96. The first-order valence-electron chi connectivity index (χ1n) is 11.7. The Morgan fingerprint density at radius 1 is 1.26 bits per heavy atom. The molecule has 0 bridgehead atoms. The molecular weight excluding hydrogens is 454 g/mol. The molecule has 2 aliphatic rings. The minimum absolute atomic E-state index is 0.0635. The van der Waals surface area contributed by atoms with Crippen molar-refractivity contribution in [3.05, 3.63) is 35.0 Å². The third-order valence-corrected chi connectivity index (χ3v) is 6.72. The number of likely N-dealkylation sites (N-methyl/N-ethyl adjacent to an activating group) is 1. The number of carbonyl (C=O) groups is 2. The number of aromatic nitrogens is 2. The lowest BCUT2D eigenvalue weighted by atomic mass is 10.2. The first-order chi connectivity index (χ1) is 16.3. The summed E-state index contributed by atoms with van der Waals surface area (Å²) in [6, 6.07) is 5.49. The third kappa shape index (κ3) is 5.42. The fraction of sp³-hybridized carbons (Fsp3) is 0.500. The fourth-order valence-electron chi connectivity index (χ4n) is 4.44. The van der Waals surface area contributed by atoms with Gasteiger partial charge < -0.3 is 25.3 Å². The summed E-state index contributed by atoms with van der Waals surface area (Å²) in [5, 5.41) is 6.47. The number of nitrogens with one attached hydrogen (secondary N) is 2. The molecule has 182 valence electrons. The van der Waals surface area contributed by atoms with Crippen molar-refractivity contribution in [1.29, 1.82) is 0 Å². The molecule has 34 heavy (non-hydrogen) atoms. The number of carbonyl (C=O) groups excluding carboxylic acids is 2. The van der Waals surface area contributed by atoms with E-state index in [-0.39, 0.29) is 11.8 Å². The number of hydrogen-bond acceptors (Lipinski definition) is 7. The highest BCUT2D eigenvalue weighted by atomic mass is 35.5. The average Bonchev–Trinajstić information content (AvgIpc) is 3.30. The summed E-state index contributed by atoms with van der Waals surface area (Å²) >= 11 is 6.48. The van der Waals surface area contributed by atoms with E-state index in [4.69, 9.17) is 16.6 Å². The van der Waals surface area contributed by atoms with Gasteiger partial charge in [0.25, 0.3) is 5.91 Å². The van der Waals surface area contributed by atoms with Crippen molar-refractivity contribution in [2.24, 2.45) is 0 Å². The van der Waals surface area contributed by atoms with Gasteiger partial charge in [0, 0.05) is 44.7 Å². The summed E-state index contributed by atoms with van der Waals surface area (Å²) in [6.07, 6.45) is 6.75. The van der Waals surface area contributed by atoms with E-state index in [9.17, 15) is 9.59 Å². The molecule has 10 heteroatoms. The molecule has 9 nitrogen and oxygen atoms in total. The minimum Gasteiger partial charge on any atom is -0.351 e. The van der Waals surface area contributed by atoms with Crippen molar-refractivity contribution >= 4 is 46.6 Å². The van der Waals surface area contributed by atoms with E-state index >= 15 is 0 Å². The number of benzene rings is 1. The lowest BCUT2D eigenvalue weighted by molar-refractivity contribution is -0.118. The van der Waals surface area contributed by atoms with E-state index < -0.39 is 0 Å². The number of anilines is 4. The number of hydrogen-bond donors (Lipinski definition) is 2. The van der Waals surface area contributed by atoms with Gasteiger partial charge in [-0.2, -0.15) is 4.98 Å². The monoisotopic (exact) mass is 485 g/mol. The molecule has 1 aliphatic heterocycles. The van der Waals surface area contributed by atoms with Gasteiger partial charge >= 0.3 is 0 Å². The number of fused-ring (bicyclic) bond motifs is 1. The molecule has 1 saturated carbocycles. The Bertz CT molecular complexity index is 1060. The number of nitrogens with zero attached hydrogens (tertiary/aromatic N) is 5. The predicted molar refractivity (Wildman–Crippen MR) is 135 cm³/mol. The second kappa shape index (κ2) is 10.6. The zero-order valence-corrected chi connectivity index (χ0v) is 20.7. The molecule has 0 atom stereocenters. The average molecular weight is 486 g/mol. The van der Waals surface area contributed by atoms with Crippen LogP contribution in [0.1, 0.15) is 42.5 Å². The molecular formula is C24H32ClN7O2. The van der Waals surface area contributed by atoms with Crippen LogP contribution in [0.4, 0.5) is 23.1 Å². The zero-order chi connectivity index (χ0) is 24.2. The van der Waals surface area contributed by atoms with Crippen molar-refractivity contribution in [2.75, 3.05) is 55.9 Å². The van der Waals surface area contributed by atoms with Crippen LogP contribution in [0, 0.1) is 0 Å². The van der Waals surface area contributed by atoms with Gasteiger partial charge in [0.05, 0.1) is 16.9 Å². The smallest absolute Gasteiger partial charge is 0.251 e. The molecule has 1 aromatic heterocycles. The van der Waals surface area contributed by atoms with Crippen molar-refractivity contribution in [3.8, 4) is 0 Å². The molecule has 1 fully saturated rings. The highest BCUT2D eigenvalue weighted by molar-refractivity contribution is 6.33. The predicted octanol–water partition coefficient (Wildman–Crippen LogP) is 3.28. The third-order valence-electron chi connectivity index (χ3n) is 6.41. The van der Waals surface area contributed by atoms with E-state index in [1.807, 2.05) is 19.0 Å². The molecule has 2 heterocycles. The van der Waals surface area contributed by atoms with Gasteiger partial charge in [0.1, 0.15) is 5.69 Å². The van der Waals surface area contributed by atoms with Crippen molar-refractivity contribution < 1.29 is 9.59 Å². The van der Waals surface area contributed by atoms with Crippen LogP contribution in [0.5, 0.6) is 0 Å². The zero-order valence-electron chi connectivity index (χ0n) is 20.0. The molecule has 0 radical (unpaired) electrons. The van der Waals surface area contributed by atoms with Gasteiger partial charge in [0.2, 0.25) is 11.9 Å². The molecule has 2 N–H and O–H groups in total. The van der Waals surface area contributed by atoms with Crippen LogP contribution in [0.15, 0.2) is 24.4 Å². The van der Waals surface area contributed by atoms with Crippen LogP contribution in [-0.2, 0) is 4.79 Å². The molecule has 2 amide bonds. The van der Waals surface area contributed by atoms with Crippen molar-refractivity contribution in [3.63, 3.8) is 0 Å². The Hall–Kier alpha value is -2.91. The highest BCUT2D eigenvalue weighted by Crippen LogP contribution is 2.36. The Morgan fingerprint density at radius 2 is 2.03 bits per heavy atom. The molecule has 0 unspecified atom stereocenters. The van der Waals surface area contributed by atoms with Gasteiger partial charge in [-0.25, -0.2) is 4.98 Å². The quantitative estimate of drug-likeness (QED) is 0.621. The van der Waals surface area contributed by atoms with Crippen LogP contribution in [0.25, 0.3) is 0 Å². The standard InChI is InChI=1S/C24H32ClN7O2/c1-30(2)13-11-26-23(34)16-8-9-19(18(25)14-16)28-24-27-15-20-22(29-24)32(17-6-4-5-7-17)12-10-21(33)31(20)3/h8-9,14-15,17H,4-7,10-13H2,1-3H3,(H,26,34)(H,27,28,29). The largest absolute Gasteiger partial charge is 0.351 e. The maximum absolute atomic E-state index is 12.5. The molecule has 4 rings (SSSR count). The summed E-state index contributed by atoms with van der Waals surface area (Å²) in [5.74, 6) is 1.06. The number of rotatable bonds is 7. The van der Waals surface area contributed by atoms with Crippen molar-refractivity contribution in [2.45, 2.75) is 38.1 Å². The summed E-state index contributed by atoms with van der Waals surface area (Å²) in [4.78, 5) is 40.1. The van der Waals surface area contributed by atoms with E-state index in [0.29, 0.717) is 47.8 Å². The Kier molecular flexibility index (Phi) is 7.53. The van der Waals surface area contributed by atoms with Crippen LogP contribution in [0.2, 0.25) is 5.02 Å². The summed E-state index contributed by atoms with van der Waals surface area (Å²) < 4.78 is 0. The van der Waals surface area contributed by atoms with Gasteiger partial charge in [-0.1, -0.05) is 24.4 Å². The molecule has 2 aromatic rings. The molecule has 0 saturated heterocycles. The number of halogens is 1. The maximum atomic E-state index is 12.5. The lowest BCUT2D eigenvalue weighted by Gasteiger charge is -2.30. The van der Waals surface area contributed by atoms with Gasteiger partial charge in [-0.3, -0.25) is 9.59 Å². The van der Waals surface area contributed by atoms with Crippen LogP contribution in [-0.4, -0.2) is 73.5 Å². The SMILES string of the molecule is CN(C)CCNC(=O)c1ccc(Nc2ncc3c(n2)N(C2CCCC2)CCC(=O)N3C)c(Cl)c1. The molecule has 1 aliphatic carbocycles. The normalized spacial score (nSPS) is 16.6. The van der Waals surface area contributed by atoms with Gasteiger partial charge in [-0.15, -0.1) is 0 Å². The Labute approximate surface area is 205 Å². The molecule has 0 spiro atoms. The van der Waals surface area contributed by atoms with Crippen LogP contribution >= 0.6 is 11.6 Å². The van der Waals surface area contributed by atoms with E-state index in [2.05, 4.69) is 20.5 Å². The lowest BCUT2D eigenvalue weighted by Crippen LogP contribution is -2.34. The van der Waals surface area contributed by atoms with Crippen LogP contribution < -0.4 is 20.4 Å². The molecule has 1 aromatic carbocycles. The van der Waals surface area contributed by atoms with Crippen molar-refractivity contribution in [1.82, 2.24) is 20.2 Å². The Morgan fingerprint density at radius 3 is 2.74 bits per heavy atom. The number of amides is 2. The topological polar surface area (TPSA) is 93.7 Å². The van der Waals surface area contributed by atoms with E-state index in [0.717, 1.165) is 30.9 Å². The first-order valence-corrected chi connectivity index (χ1v) is 12.1. The summed E-state index contributed by atoms with van der Waals surface area (Å²) in [7, 11) is 5.68. The van der Waals surface area contributed by atoms with Crippen LogP contribution in [0.3, 0.4) is 0 Å². The highest BCUT2D eigenvalue weighted by Gasteiger charge is 2.31.